The average molecular weight is 180 g/mol. The van der Waals surface area contributed by atoms with Crippen molar-refractivity contribution in [3.63, 3.8) is 0 Å². The van der Waals surface area contributed by atoms with Crippen LogP contribution in [0.15, 0.2) is 0 Å². The first-order chi connectivity index (χ1) is 5.95. The van der Waals surface area contributed by atoms with Crippen LogP contribution in [0.1, 0.15) is 59.8 Å². The zero-order valence-corrected chi connectivity index (χ0v) is 9.69. The molecule has 0 heterocycles. The Morgan fingerprint density at radius 1 is 0.923 bits per heavy atom. The minimum atomic E-state index is 0.576. The van der Waals surface area contributed by atoms with Gasteiger partial charge in [-0.25, -0.2) is 0 Å². The monoisotopic (exact) mass is 180 g/mol. The molecule has 0 heteroatoms. The summed E-state index contributed by atoms with van der Waals surface area (Å²) in [7, 11) is 0. The van der Waals surface area contributed by atoms with Crippen molar-refractivity contribution in [2.75, 3.05) is 0 Å². The molecule has 2 saturated carbocycles. The molecule has 13 heavy (non-hydrogen) atoms. The molecular weight excluding hydrogens is 156 g/mol. The number of hydrogen-bond donors (Lipinski definition) is 0. The smallest absolute Gasteiger partial charge is 0.0272 e. The lowest BCUT2D eigenvalue weighted by Crippen LogP contribution is -2.33. The standard InChI is InChI=1S/C13H24/c1-12(2)9-10-7-5-6-8-11(10)13(12,3)4/h10-11H,5-9H2,1-4H3. The molecule has 0 aromatic rings. The molecular formula is C13H24. The van der Waals surface area contributed by atoms with E-state index in [9.17, 15) is 0 Å². The van der Waals surface area contributed by atoms with Crippen LogP contribution in [-0.2, 0) is 0 Å². The third kappa shape index (κ3) is 1.25. The summed E-state index contributed by atoms with van der Waals surface area (Å²) in [6.07, 6.45) is 7.47. The first-order valence-corrected chi connectivity index (χ1v) is 5.95. The second-order valence-corrected chi connectivity index (χ2v) is 6.46. The van der Waals surface area contributed by atoms with E-state index in [1.54, 1.807) is 0 Å². The first kappa shape index (κ1) is 9.55. The van der Waals surface area contributed by atoms with Gasteiger partial charge >= 0.3 is 0 Å². The lowest BCUT2D eigenvalue weighted by Gasteiger charge is -2.40. The highest BCUT2D eigenvalue weighted by atomic mass is 14.6. The maximum absolute atomic E-state index is 2.50. The van der Waals surface area contributed by atoms with Crippen LogP contribution in [0.25, 0.3) is 0 Å². The summed E-state index contributed by atoms with van der Waals surface area (Å²) >= 11 is 0. The Morgan fingerprint density at radius 3 is 2.15 bits per heavy atom. The summed E-state index contributed by atoms with van der Waals surface area (Å²) in [6, 6.07) is 0. The topological polar surface area (TPSA) is 0 Å². The molecule has 0 radical (unpaired) electrons. The van der Waals surface area contributed by atoms with Crippen LogP contribution in [0.5, 0.6) is 0 Å². The molecule has 2 atom stereocenters. The van der Waals surface area contributed by atoms with Gasteiger partial charge in [-0.05, 0) is 35.5 Å². The van der Waals surface area contributed by atoms with Crippen LogP contribution < -0.4 is 0 Å². The van der Waals surface area contributed by atoms with E-state index in [4.69, 9.17) is 0 Å². The maximum atomic E-state index is 2.50. The van der Waals surface area contributed by atoms with Crippen LogP contribution in [-0.4, -0.2) is 0 Å². The van der Waals surface area contributed by atoms with Crippen LogP contribution in [0.2, 0.25) is 0 Å². The van der Waals surface area contributed by atoms with E-state index in [0.29, 0.717) is 10.8 Å². The number of rotatable bonds is 0. The van der Waals surface area contributed by atoms with Crippen LogP contribution in [0.4, 0.5) is 0 Å². The van der Waals surface area contributed by atoms with E-state index in [-0.39, 0.29) is 0 Å². The average Bonchev–Trinajstić information content (AvgIpc) is 2.20. The van der Waals surface area contributed by atoms with Gasteiger partial charge < -0.3 is 0 Å². The summed E-state index contributed by atoms with van der Waals surface area (Å²) in [6.45, 7) is 9.96. The summed E-state index contributed by atoms with van der Waals surface area (Å²) in [4.78, 5) is 0. The van der Waals surface area contributed by atoms with Gasteiger partial charge in [0.1, 0.15) is 0 Å². The van der Waals surface area contributed by atoms with Gasteiger partial charge in [0.15, 0.2) is 0 Å². The molecule has 0 aromatic carbocycles. The van der Waals surface area contributed by atoms with Gasteiger partial charge in [0, 0.05) is 0 Å². The molecule has 0 bridgehead atoms. The van der Waals surface area contributed by atoms with Crippen molar-refractivity contribution in [2.24, 2.45) is 22.7 Å². The predicted octanol–water partition coefficient (Wildman–Crippen LogP) is 4.25. The highest BCUT2D eigenvalue weighted by molar-refractivity contribution is 5.02. The molecule has 0 aromatic heterocycles. The second-order valence-electron chi connectivity index (χ2n) is 6.46. The first-order valence-electron chi connectivity index (χ1n) is 5.95. The molecule has 0 nitrogen and oxygen atoms in total. The molecule has 0 spiro atoms. The lowest BCUT2D eigenvalue weighted by molar-refractivity contribution is 0.0869. The molecule has 76 valence electrons. The van der Waals surface area contributed by atoms with Gasteiger partial charge in [0.2, 0.25) is 0 Å². The largest absolute Gasteiger partial charge is 0.0594 e. The van der Waals surface area contributed by atoms with Crippen molar-refractivity contribution >= 4 is 0 Å². The van der Waals surface area contributed by atoms with Crippen molar-refractivity contribution < 1.29 is 0 Å². The van der Waals surface area contributed by atoms with Crippen molar-refractivity contribution in [2.45, 2.75) is 59.8 Å². The van der Waals surface area contributed by atoms with Gasteiger partial charge in [-0.2, -0.15) is 0 Å². The lowest BCUT2D eigenvalue weighted by atomic mass is 9.64. The van der Waals surface area contributed by atoms with Crippen LogP contribution in [0.3, 0.4) is 0 Å². The fraction of sp³-hybridized carbons (Fsp3) is 1.00. The molecule has 2 unspecified atom stereocenters. The Balaban J connectivity index is 2.25. The second kappa shape index (κ2) is 2.74. The zero-order chi connectivity index (χ0) is 9.69. The molecule has 0 N–H and O–H groups in total. The highest BCUT2D eigenvalue weighted by Gasteiger charge is 2.53. The Hall–Kier alpha value is 0. The van der Waals surface area contributed by atoms with Crippen LogP contribution >= 0.6 is 0 Å². The van der Waals surface area contributed by atoms with Crippen molar-refractivity contribution in [1.82, 2.24) is 0 Å². The van der Waals surface area contributed by atoms with Crippen LogP contribution in [0, 0.1) is 22.7 Å². The molecule has 0 amide bonds. The third-order valence-electron chi connectivity index (χ3n) is 5.35. The molecule has 0 saturated heterocycles. The van der Waals surface area contributed by atoms with E-state index in [1.807, 2.05) is 0 Å². The molecule has 2 rings (SSSR count). The van der Waals surface area contributed by atoms with Crippen molar-refractivity contribution in [1.29, 1.82) is 0 Å². The fourth-order valence-corrected chi connectivity index (χ4v) is 3.82. The number of hydrogen-bond acceptors (Lipinski definition) is 0. The quantitative estimate of drug-likeness (QED) is 0.523. The van der Waals surface area contributed by atoms with Gasteiger partial charge in [0.05, 0.1) is 0 Å². The predicted molar refractivity (Wildman–Crippen MR) is 57.6 cm³/mol. The molecule has 2 fully saturated rings. The summed E-state index contributed by atoms with van der Waals surface area (Å²) in [5, 5.41) is 0. The highest BCUT2D eigenvalue weighted by Crippen LogP contribution is 2.62. The summed E-state index contributed by atoms with van der Waals surface area (Å²) in [5.41, 5.74) is 1.16. The van der Waals surface area contributed by atoms with E-state index in [0.717, 1.165) is 11.8 Å². The van der Waals surface area contributed by atoms with Gasteiger partial charge in [0.25, 0.3) is 0 Å². The number of fused-ring (bicyclic) bond motifs is 1. The fourth-order valence-electron chi connectivity index (χ4n) is 3.82. The Kier molecular flexibility index (Phi) is 2.02. The summed E-state index contributed by atoms with van der Waals surface area (Å²) < 4.78 is 0. The summed E-state index contributed by atoms with van der Waals surface area (Å²) in [5.74, 6) is 2.08. The SMILES string of the molecule is CC1(C)CC2CCCCC2C1(C)C. The minimum Gasteiger partial charge on any atom is -0.0594 e. The molecule has 2 aliphatic rings. The Bertz CT molecular complexity index is 200. The van der Waals surface area contributed by atoms with E-state index < -0.39 is 0 Å². The van der Waals surface area contributed by atoms with Gasteiger partial charge in [-0.3, -0.25) is 0 Å². The Morgan fingerprint density at radius 2 is 1.54 bits per heavy atom. The molecule has 0 aliphatic heterocycles. The van der Waals surface area contributed by atoms with E-state index >= 15 is 0 Å². The zero-order valence-electron chi connectivity index (χ0n) is 9.69. The van der Waals surface area contributed by atoms with E-state index in [1.165, 1.54) is 32.1 Å². The normalized spacial score (nSPS) is 41.5. The van der Waals surface area contributed by atoms with Gasteiger partial charge in [-0.1, -0.05) is 47.0 Å². The maximum Gasteiger partial charge on any atom is -0.0272 e. The minimum absolute atomic E-state index is 0.576. The van der Waals surface area contributed by atoms with Crippen molar-refractivity contribution in [3.05, 3.63) is 0 Å². The van der Waals surface area contributed by atoms with E-state index in [2.05, 4.69) is 27.7 Å². The Labute approximate surface area is 83.1 Å². The third-order valence-corrected chi connectivity index (χ3v) is 5.35. The molecule has 2 aliphatic carbocycles. The van der Waals surface area contributed by atoms with Gasteiger partial charge in [-0.15, -0.1) is 0 Å². The van der Waals surface area contributed by atoms with Crippen molar-refractivity contribution in [3.8, 4) is 0 Å².